The summed E-state index contributed by atoms with van der Waals surface area (Å²) in [5.41, 5.74) is 1.79. The van der Waals surface area contributed by atoms with Crippen LogP contribution in [0, 0.1) is 0 Å². The standard InChI is InChI=1S/C11H16N5O.BF4/c1-14(2)11(17-4)15(3)16-10-8-6-5-7-9(10)12-13-16;2-1(3,4)5/h5-8H,1-4H3;/q+1;-1. The maximum atomic E-state index is 9.75. The molecule has 0 atom stereocenters. The van der Waals surface area contributed by atoms with Gasteiger partial charge in [0.25, 0.3) is 0 Å². The first-order valence-corrected chi connectivity index (χ1v) is 6.15. The van der Waals surface area contributed by atoms with E-state index >= 15 is 0 Å². The highest BCUT2D eigenvalue weighted by atomic mass is 19.5. The lowest BCUT2D eigenvalue weighted by atomic mass is 10.3. The van der Waals surface area contributed by atoms with Crippen molar-refractivity contribution in [2.45, 2.75) is 0 Å². The van der Waals surface area contributed by atoms with Gasteiger partial charge in [-0.3, -0.25) is 4.90 Å². The van der Waals surface area contributed by atoms with Crippen molar-refractivity contribution in [1.82, 2.24) is 20.0 Å². The number of aromatic nitrogens is 3. The number of amidine groups is 1. The SMILES string of the molecule is CO/C(N(C)C)=[N+](/C)n1nnc2ccccc21.F[B-](F)(F)F. The topological polar surface area (TPSA) is 46.2 Å². The maximum Gasteiger partial charge on any atom is 0.673 e. The highest BCUT2D eigenvalue weighted by Crippen LogP contribution is 2.09. The molecule has 0 spiro atoms. The third kappa shape index (κ3) is 4.90. The summed E-state index contributed by atoms with van der Waals surface area (Å²) < 4.78 is 46.1. The van der Waals surface area contributed by atoms with Gasteiger partial charge in [-0.05, 0) is 16.9 Å². The lowest BCUT2D eigenvalue weighted by Crippen LogP contribution is -2.35. The van der Waals surface area contributed by atoms with Gasteiger partial charge in [-0.15, -0.1) is 4.68 Å². The first-order valence-electron chi connectivity index (χ1n) is 6.15. The van der Waals surface area contributed by atoms with Gasteiger partial charge in [-0.2, -0.15) is 0 Å². The summed E-state index contributed by atoms with van der Waals surface area (Å²) in [6.07, 6.45) is 0. The summed E-state index contributed by atoms with van der Waals surface area (Å²) in [6, 6.07) is 8.47. The van der Waals surface area contributed by atoms with Crippen molar-refractivity contribution < 1.29 is 26.7 Å². The van der Waals surface area contributed by atoms with Gasteiger partial charge in [0.1, 0.15) is 16.2 Å². The summed E-state index contributed by atoms with van der Waals surface area (Å²) in [5, 5.41) is 8.21. The van der Waals surface area contributed by atoms with Gasteiger partial charge < -0.3 is 22.0 Å². The Hall–Kier alpha value is -2.33. The summed E-state index contributed by atoms with van der Waals surface area (Å²) in [5.74, 6) is 0. The molecule has 0 radical (unpaired) electrons. The van der Waals surface area contributed by atoms with E-state index in [-0.39, 0.29) is 0 Å². The fourth-order valence-electron chi connectivity index (χ4n) is 1.76. The van der Waals surface area contributed by atoms with Crippen molar-refractivity contribution >= 4 is 24.3 Å². The number of nitrogens with zero attached hydrogens (tertiary/aromatic N) is 5. The van der Waals surface area contributed by atoms with Crippen LogP contribution in [0.25, 0.3) is 11.0 Å². The monoisotopic (exact) mass is 321 g/mol. The van der Waals surface area contributed by atoms with E-state index in [1.807, 2.05) is 50.3 Å². The molecule has 0 amide bonds. The number of ether oxygens (including phenoxy) is 1. The van der Waals surface area contributed by atoms with Crippen LogP contribution in [0.1, 0.15) is 0 Å². The molecule has 0 N–H and O–H groups in total. The highest BCUT2D eigenvalue weighted by molar-refractivity contribution is 6.50. The Morgan fingerprint density at radius 3 is 2.27 bits per heavy atom. The van der Waals surface area contributed by atoms with Crippen LogP contribution in [0.15, 0.2) is 24.3 Å². The van der Waals surface area contributed by atoms with Crippen molar-refractivity contribution in [2.24, 2.45) is 0 Å². The minimum atomic E-state index is -6.00. The van der Waals surface area contributed by atoms with E-state index in [1.54, 1.807) is 16.6 Å². The van der Waals surface area contributed by atoms with Crippen molar-refractivity contribution in [3.8, 4) is 0 Å². The first kappa shape index (κ1) is 17.7. The van der Waals surface area contributed by atoms with E-state index in [9.17, 15) is 17.3 Å². The van der Waals surface area contributed by atoms with Crippen LogP contribution in [0.3, 0.4) is 0 Å². The Labute approximate surface area is 124 Å². The van der Waals surface area contributed by atoms with E-state index < -0.39 is 7.25 Å². The van der Waals surface area contributed by atoms with E-state index in [4.69, 9.17) is 4.74 Å². The summed E-state index contributed by atoms with van der Waals surface area (Å²) in [6.45, 7) is 0. The lowest BCUT2D eigenvalue weighted by Gasteiger charge is -2.12. The van der Waals surface area contributed by atoms with Crippen LogP contribution in [0.4, 0.5) is 17.3 Å². The molecule has 6 nitrogen and oxygen atoms in total. The molecule has 0 aliphatic heterocycles. The zero-order valence-corrected chi connectivity index (χ0v) is 12.5. The number of fused-ring (bicyclic) bond motifs is 1. The predicted molar refractivity (Wildman–Crippen MR) is 75.0 cm³/mol. The molecular formula is C11H16BF4N5O. The van der Waals surface area contributed by atoms with Crippen molar-refractivity contribution in [2.75, 3.05) is 28.3 Å². The maximum absolute atomic E-state index is 9.75. The van der Waals surface area contributed by atoms with Crippen molar-refractivity contribution in [3.63, 3.8) is 0 Å². The van der Waals surface area contributed by atoms with Gasteiger partial charge in [0.2, 0.25) is 0 Å². The molecular weight excluding hydrogens is 305 g/mol. The summed E-state index contributed by atoms with van der Waals surface area (Å²) in [4.78, 5) is 3.57. The first-order chi connectivity index (χ1) is 10.1. The molecule has 0 saturated heterocycles. The Kier molecular flexibility index (Phi) is 5.72. The fraction of sp³-hybridized carbons (Fsp3) is 0.364. The van der Waals surface area contributed by atoms with Crippen LogP contribution in [-0.2, 0) is 4.74 Å². The smallest absolute Gasteiger partial charge is 0.445 e. The second kappa shape index (κ2) is 7.10. The molecule has 11 heteroatoms. The van der Waals surface area contributed by atoms with Crippen LogP contribution in [0.5, 0.6) is 0 Å². The van der Waals surface area contributed by atoms with E-state index in [1.165, 1.54) is 0 Å². The molecule has 0 aliphatic carbocycles. The molecule has 1 aromatic heterocycles. The minimum Gasteiger partial charge on any atom is -0.445 e. The Bertz CT molecular complexity index is 649. The van der Waals surface area contributed by atoms with Crippen LogP contribution >= 0.6 is 0 Å². The third-order valence-corrected chi connectivity index (χ3v) is 2.46. The number of benzene rings is 1. The summed E-state index contributed by atoms with van der Waals surface area (Å²) >= 11 is 0. The summed E-state index contributed by atoms with van der Waals surface area (Å²) in [7, 11) is 1.33. The molecule has 1 heterocycles. The van der Waals surface area contributed by atoms with Crippen molar-refractivity contribution in [1.29, 1.82) is 0 Å². The zero-order valence-electron chi connectivity index (χ0n) is 12.5. The zero-order chi connectivity index (χ0) is 16.9. The third-order valence-electron chi connectivity index (χ3n) is 2.46. The number of hydrogen-bond donors (Lipinski definition) is 0. The minimum absolute atomic E-state index is 0.681. The Balaban J connectivity index is 0.000000422. The van der Waals surface area contributed by atoms with Gasteiger partial charge in [-0.1, -0.05) is 17.2 Å². The van der Waals surface area contributed by atoms with Crippen LogP contribution in [0.2, 0.25) is 0 Å². The molecule has 0 fully saturated rings. The van der Waals surface area contributed by atoms with Gasteiger partial charge in [0, 0.05) is 0 Å². The average molecular weight is 321 g/mol. The van der Waals surface area contributed by atoms with Gasteiger partial charge in [0.05, 0.1) is 28.3 Å². The molecule has 22 heavy (non-hydrogen) atoms. The number of hydrogen-bond acceptors (Lipinski definition) is 3. The van der Waals surface area contributed by atoms with E-state index in [0.29, 0.717) is 6.02 Å². The van der Waals surface area contributed by atoms with E-state index in [2.05, 4.69) is 10.3 Å². The normalized spacial score (nSPS) is 12.4. The van der Waals surface area contributed by atoms with E-state index in [0.717, 1.165) is 11.0 Å². The molecule has 1 aromatic carbocycles. The largest absolute Gasteiger partial charge is 0.673 e. The molecule has 0 aliphatic rings. The van der Waals surface area contributed by atoms with Crippen LogP contribution in [-0.4, -0.2) is 66.2 Å². The second-order valence-electron chi connectivity index (χ2n) is 4.37. The Morgan fingerprint density at radius 2 is 1.77 bits per heavy atom. The predicted octanol–water partition coefficient (Wildman–Crippen LogP) is 1.70. The average Bonchev–Trinajstić information content (AvgIpc) is 2.80. The number of methoxy groups -OCH3 is 1. The van der Waals surface area contributed by atoms with Gasteiger partial charge >= 0.3 is 13.3 Å². The van der Waals surface area contributed by atoms with Crippen LogP contribution < -0.4 is 0 Å². The van der Waals surface area contributed by atoms with Gasteiger partial charge in [0.15, 0.2) is 0 Å². The highest BCUT2D eigenvalue weighted by Gasteiger charge is 2.20. The number of para-hydroxylation sites is 1. The molecule has 0 unspecified atom stereocenters. The fourth-order valence-corrected chi connectivity index (χ4v) is 1.76. The van der Waals surface area contributed by atoms with Crippen molar-refractivity contribution in [3.05, 3.63) is 24.3 Å². The number of rotatable bonds is 1. The molecule has 122 valence electrons. The Morgan fingerprint density at radius 1 is 1.23 bits per heavy atom. The number of halogens is 4. The van der Waals surface area contributed by atoms with Gasteiger partial charge in [-0.25, -0.2) is 0 Å². The lowest BCUT2D eigenvalue weighted by molar-refractivity contribution is -0.577. The quantitative estimate of drug-likeness (QED) is 0.264. The second-order valence-corrected chi connectivity index (χ2v) is 4.37. The molecule has 0 bridgehead atoms. The molecule has 2 rings (SSSR count). The molecule has 2 aromatic rings. The molecule has 0 saturated carbocycles.